The second kappa shape index (κ2) is 7.55. The summed E-state index contributed by atoms with van der Waals surface area (Å²) in [4.78, 5) is 22.2. The number of carboxylic acids is 1. The Morgan fingerprint density at radius 3 is 2.39 bits per heavy atom. The highest BCUT2D eigenvalue weighted by Gasteiger charge is 2.25. The fraction of sp³-hybridized carbons (Fsp3) is 0.158. The highest BCUT2D eigenvalue weighted by atomic mass is 19.2. The number of hydrogen-bond acceptors (Lipinski definition) is 4. The van der Waals surface area contributed by atoms with Crippen LogP contribution in [-0.2, 0) is 6.42 Å². The molecule has 0 aliphatic heterocycles. The van der Waals surface area contributed by atoms with Crippen LogP contribution in [0.1, 0.15) is 29.4 Å². The Morgan fingerprint density at radius 2 is 1.86 bits per heavy atom. The molecule has 0 saturated heterocycles. The van der Waals surface area contributed by atoms with Gasteiger partial charge in [-0.2, -0.15) is 5.10 Å². The minimum atomic E-state index is -1.25. The molecule has 144 valence electrons. The Morgan fingerprint density at radius 1 is 1.18 bits per heavy atom. The Labute approximate surface area is 158 Å². The van der Waals surface area contributed by atoms with Gasteiger partial charge in [-0.1, -0.05) is 13.3 Å². The summed E-state index contributed by atoms with van der Waals surface area (Å²) in [6, 6.07) is 8.51. The van der Waals surface area contributed by atoms with E-state index >= 15 is 0 Å². The normalized spacial score (nSPS) is 10.8. The number of aromatic carboxylic acids is 1. The minimum Gasteiger partial charge on any atom is -0.478 e. The summed E-state index contributed by atoms with van der Waals surface area (Å²) in [5, 5.41) is 24.9. The maximum Gasteiger partial charge on any atom is 0.339 e. The third-order valence-corrected chi connectivity index (χ3v) is 4.18. The predicted molar refractivity (Wildman–Crippen MR) is 96.5 cm³/mol. The van der Waals surface area contributed by atoms with Gasteiger partial charge in [-0.05, 0) is 36.8 Å². The lowest BCUT2D eigenvalue weighted by molar-refractivity contribution is -0.384. The molecular formula is C19H15F2N3O4. The van der Waals surface area contributed by atoms with Gasteiger partial charge < -0.3 is 5.11 Å². The molecule has 1 N–H and O–H groups in total. The van der Waals surface area contributed by atoms with E-state index in [-0.39, 0.29) is 22.5 Å². The minimum absolute atomic E-state index is 0.00629. The number of non-ortho nitro benzene ring substituents is 1. The quantitative estimate of drug-likeness (QED) is 0.500. The zero-order valence-electron chi connectivity index (χ0n) is 14.7. The first-order chi connectivity index (χ1) is 13.3. The first-order valence-electron chi connectivity index (χ1n) is 8.39. The molecule has 0 atom stereocenters. The van der Waals surface area contributed by atoms with Gasteiger partial charge in [-0.25, -0.2) is 18.3 Å². The zero-order chi connectivity index (χ0) is 20.4. The molecule has 0 spiro atoms. The number of nitro groups is 1. The molecule has 1 heterocycles. The molecular weight excluding hydrogens is 372 g/mol. The van der Waals surface area contributed by atoms with Crippen LogP contribution in [0.3, 0.4) is 0 Å². The summed E-state index contributed by atoms with van der Waals surface area (Å²) in [6.07, 6.45) is 0.964. The van der Waals surface area contributed by atoms with Gasteiger partial charge in [0.1, 0.15) is 11.3 Å². The summed E-state index contributed by atoms with van der Waals surface area (Å²) in [6.45, 7) is 1.86. The molecule has 0 amide bonds. The Hall–Kier alpha value is -3.62. The van der Waals surface area contributed by atoms with Crippen LogP contribution in [0, 0.1) is 21.7 Å². The van der Waals surface area contributed by atoms with Gasteiger partial charge in [0.05, 0.1) is 16.3 Å². The number of hydrogen-bond donors (Lipinski definition) is 1. The molecule has 0 aliphatic carbocycles. The molecule has 9 heteroatoms. The summed E-state index contributed by atoms with van der Waals surface area (Å²) in [5.74, 6) is -3.42. The smallest absolute Gasteiger partial charge is 0.339 e. The lowest BCUT2D eigenvalue weighted by Gasteiger charge is -2.07. The summed E-state index contributed by atoms with van der Waals surface area (Å²) >= 11 is 0. The van der Waals surface area contributed by atoms with Crippen LogP contribution in [0.15, 0.2) is 42.5 Å². The molecule has 0 saturated carbocycles. The Balaban J connectivity index is 2.23. The molecule has 28 heavy (non-hydrogen) atoms. The highest BCUT2D eigenvalue weighted by Crippen LogP contribution is 2.30. The summed E-state index contributed by atoms with van der Waals surface area (Å²) in [5.41, 5.74) is 0.662. The van der Waals surface area contributed by atoms with Crippen molar-refractivity contribution in [1.29, 1.82) is 0 Å². The van der Waals surface area contributed by atoms with E-state index in [1.807, 2.05) is 6.92 Å². The number of nitrogens with zero attached hydrogens (tertiary/aromatic N) is 3. The third-order valence-electron chi connectivity index (χ3n) is 4.18. The van der Waals surface area contributed by atoms with Crippen molar-refractivity contribution < 1.29 is 23.6 Å². The van der Waals surface area contributed by atoms with E-state index in [2.05, 4.69) is 5.10 Å². The van der Waals surface area contributed by atoms with Crippen molar-refractivity contribution in [3.63, 3.8) is 0 Å². The van der Waals surface area contributed by atoms with Gasteiger partial charge in [0.25, 0.3) is 5.69 Å². The summed E-state index contributed by atoms with van der Waals surface area (Å²) < 4.78 is 28.3. The van der Waals surface area contributed by atoms with E-state index in [4.69, 9.17) is 0 Å². The van der Waals surface area contributed by atoms with Gasteiger partial charge >= 0.3 is 5.97 Å². The van der Waals surface area contributed by atoms with Crippen LogP contribution in [0.4, 0.5) is 14.5 Å². The fourth-order valence-corrected chi connectivity index (χ4v) is 2.92. The number of halogens is 2. The Kier molecular flexibility index (Phi) is 5.16. The summed E-state index contributed by atoms with van der Waals surface area (Å²) in [7, 11) is 0. The standard InChI is InChI=1S/C19H15F2N3O4/c1-2-3-16-17(19(25)26)18(11-4-9-14(20)15(21)10-11)22-23(16)12-5-7-13(8-6-12)24(27)28/h4-10H,2-3H2,1H3,(H,25,26). The van der Waals surface area contributed by atoms with Crippen molar-refractivity contribution in [2.75, 3.05) is 0 Å². The molecule has 0 fully saturated rings. The molecule has 0 bridgehead atoms. The van der Waals surface area contributed by atoms with Gasteiger partial charge in [0.2, 0.25) is 0 Å². The van der Waals surface area contributed by atoms with Crippen LogP contribution < -0.4 is 0 Å². The van der Waals surface area contributed by atoms with E-state index in [1.165, 1.54) is 35.0 Å². The first kappa shape index (κ1) is 19.2. The van der Waals surface area contributed by atoms with Gasteiger partial charge in [-0.3, -0.25) is 10.1 Å². The van der Waals surface area contributed by atoms with E-state index in [0.29, 0.717) is 24.2 Å². The molecule has 7 nitrogen and oxygen atoms in total. The van der Waals surface area contributed by atoms with Crippen LogP contribution in [0.5, 0.6) is 0 Å². The predicted octanol–water partition coefficient (Wildman–Crippen LogP) is 4.38. The lowest BCUT2D eigenvalue weighted by Crippen LogP contribution is -2.06. The average Bonchev–Trinajstić information content (AvgIpc) is 3.04. The largest absolute Gasteiger partial charge is 0.478 e. The van der Waals surface area contributed by atoms with Gasteiger partial charge in [0, 0.05) is 17.7 Å². The Bertz CT molecular complexity index is 1060. The van der Waals surface area contributed by atoms with Crippen LogP contribution in [-0.4, -0.2) is 25.8 Å². The van der Waals surface area contributed by atoms with E-state index in [9.17, 15) is 28.8 Å². The van der Waals surface area contributed by atoms with Crippen molar-refractivity contribution in [3.05, 3.63) is 75.5 Å². The van der Waals surface area contributed by atoms with E-state index in [0.717, 1.165) is 12.1 Å². The molecule has 1 aromatic heterocycles. The average molecular weight is 387 g/mol. The number of carboxylic acid groups (broad SMARTS) is 1. The molecule has 3 rings (SSSR count). The van der Waals surface area contributed by atoms with E-state index in [1.54, 1.807) is 0 Å². The molecule has 3 aromatic rings. The van der Waals surface area contributed by atoms with Crippen molar-refractivity contribution >= 4 is 11.7 Å². The highest BCUT2D eigenvalue weighted by molar-refractivity contribution is 5.96. The van der Waals surface area contributed by atoms with Crippen molar-refractivity contribution in [2.24, 2.45) is 0 Å². The van der Waals surface area contributed by atoms with Gasteiger partial charge in [-0.15, -0.1) is 0 Å². The zero-order valence-corrected chi connectivity index (χ0v) is 14.7. The maximum atomic E-state index is 13.7. The topological polar surface area (TPSA) is 98.3 Å². The van der Waals surface area contributed by atoms with Crippen LogP contribution in [0.2, 0.25) is 0 Å². The monoisotopic (exact) mass is 387 g/mol. The molecule has 0 radical (unpaired) electrons. The van der Waals surface area contributed by atoms with Crippen LogP contribution >= 0.6 is 0 Å². The third kappa shape index (κ3) is 3.46. The van der Waals surface area contributed by atoms with Gasteiger partial charge in [0.15, 0.2) is 11.6 Å². The van der Waals surface area contributed by atoms with Crippen LogP contribution in [0.25, 0.3) is 16.9 Å². The number of nitro benzene ring substituents is 1. The number of carbonyl (C=O) groups is 1. The molecule has 0 aliphatic rings. The first-order valence-corrected chi connectivity index (χ1v) is 8.39. The maximum absolute atomic E-state index is 13.7. The second-order valence-electron chi connectivity index (χ2n) is 6.04. The van der Waals surface area contributed by atoms with Crippen molar-refractivity contribution in [1.82, 2.24) is 9.78 Å². The number of aromatic nitrogens is 2. The molecule has 0 unspecified atom stereocenters. The van der Waals surface area contributed by atoms with E-state index < -0.39 is 22.5 Å². The van der Waals surface area contributed by atoms with Crippen molar-refractivity contribution in [3.8, 4) is 16.9 Å². The number of benzene rings is 2. The lowest BCUT2D eigenvalue weighted by atomic mass is 10.0. The fourth-order valence-electron chi connectivity index (χ4n) is 2.92. The number of rotatable bonds is 6. The molecule has 2 aromatic carbocycles. The van der Waals surface area contributed by atoms with Crippen molar-refractivity contribution in [2.45, 2.75) is 19.8 Å². The second-order valence-corrected chi connectivity index (χ2v) is 6.04. The SMILES string of the molecule is CCCc1c(C(=O)O)c(-c2ccc(F)c(F)c2)nn1-c1ccc([N+](=O)[O-])cc1.